The van der Waals surface area contributed by atoms with Crippen LogP contribution in [0.25, 0.3) is 6.08 Å². The van der Waals surface area contributed by atoms with Crippen LogP contribution in [0, 0.1) is 0 Å². The Hall–Kier alpha value is -2.76. The summed E-state index contributed by atoms with van der Waals surface area (Å²) in [5, 5.41) is 8.66. The van der Waals surface area contributed by atoms with Gasteiger partial charge in [-0.2, -0.15) is 0 Å². The number of carboxylic acid groups (broad SMARTS) is 1. The van der Waals surface area contributed by atoms with Gasteiger partial charge in [0.2, 0.25) is 0 Å². The molecule has 1 aromatic rings. The molecule has 0 saturated carbocycles. The second-order valence-electron chi connectivity index (χ2n) is 5.73. The first-order valence-corrected chi connectivity index (χ1v) is 8.51. The average molecular weight is 362 g/mol. The van der Waals surface area contributed by atoms with Gasteiger partial charge in [0.15, 0.2) is 11.5 Å². The third-order valence-electron chi connectivity index (χ3n) is 3.60. The molecule has 1 unspecified atom stereocenters. The van der Waals surface area contributed by atoms with Crippen molar-refractivity contribution in [2.24, 2.45) is 0 Å². The minimum absolute atomic E-state index is 0.118. The molecule has 26 heavy (non-hydrogen) atoms. The lowest BCUT2D eigenvalue weighted by Crippen LogP contribution is -2.12. The SMILES string of the molecule is C=CC(=O)OC(C)CCCCCOc1ccc(C=CC(=O)O)cc1OC. The molecule has 142 valence electrons. The van der Waals surface area contributed by atoms with E-state index in [1.807, 2.05) is 6.92 Å². The highest BCUT2D eigenvalue weighted by Gasteiger charge is 2.07. The van der Waals surface area contributed by atoms with Crippen molar-refractivity contribution >= 4 is 18.0 Å². The average Bonchev–Trinajstić information content (AvgIpc) is 2.62. The van der Waals surface area contributed by atoms with Crippen molar-refractivity contribution < 1.29 is 28.9 Å². The number of benzene rings is 1. The Labute approximate surface area is 154 Å². The topological polar surface area (TPSA) is 82.1 Å². The minimum atomic E-state index is -1.00. The zero-order valence-corrected chi connectivity index (χ0v) is 15.3. The van der Waals surface area contributed by atoms with E-state index in [0.29, 0.717) is 18.1 Å². The van der Waals surface area contributed by atoms with Crippen molar-refractivity contribution in [1.29, 1.82) is 0 Å². The first-order chi connectivity index (χ1) is 12.5. The summed E-state index contributed by atoms with van der Waals surface area (Å²) in [4.78, 5) is 21.6. The number of unbranched alkanes of at least 4 members (excludes halogenated alkanes) is 2. The number of methoxy groups -OCH3 is 1. The molecule has 6 heteroatoms. The summed E-state index contributed by atoms with van der Waals surface area (Å²) in [6.45, 7) is 5.78. The first kappa shape index (κ1) is 21.3. The molecule has 1 aromatic carbocycles. The largest absolute Gasteiger partial charge is 0.493 e. The first-order valence-electron chi connectivity index (χ1n) is 8.51. The van der Waals surface area contributed by atoms with E-state index >= 15 is 0 Å². The van der Waals surface area contributed by atoms with E-state index in [2.05, 4.69) is 6.58 Å². The fourth-order valence-corrected chi connectivity index (χ4v) is 2.27. The molecule has 0 bridgehead atoms. The number of ether oxygens (including phenoxy) is 3. The van der Waals surface area contributed by atoms with Gasteiger partial charge >= 0.3 is 11.9 Å². The Kier molecular flexibility index (Phi) is 9.61. The van der Waals surface area contributed by atoms with Crippen molar-refractivity contribution in [2.45, 2.75) is 38.7 Å². The Morgan fingerprint density at radius 2 is 2.00 bits per heavy atom. The zero-order valence-electron chi connectivity index (χ0n) is 15.3. The molecule has 0 aromatic heterocycles. The number of aliphatic carboxylic acids is 1. The molecule has 0 aliphatic rings. The number of hydrogen-bond acceptors (Lipinski definition) is 5. The maximum Gasteiger partial charge on any atom is 0.330 e. The highest BCUT2D eigenvalue weighted by Crippen LogP contribution is 2.28. The van der Waals surface area contributed by atoms with Gasteiger partial charge < -0.3 is 19.3 Å². The molecule has 0 saturated heterocycles. The molecule has 0 spiro atoms. The molecule has 6 nitrogen and oxygen atoms in total. The molecular weight excluding hydrogens is 336 g/mol. The van der Waals surface area contributed by atoms with Crippen LogP contribution in [0.1, 0.15) is 38.2 Å². The molecule has 1 N–H and O–H groups in total. The summed E-state index contributed by atoms with van der Waals surface area (Å²) in [5.74, 6) is -0.219. The van der Waals surface area contributed by atoms with E-state index < -0.39 is 11.9 Å². The number of carbonyl (C=O) groups is 2. The number of esters is 1. The predicted molar refractivity (Wildman–Crippen MR) is 99.4 cm³/mol. The summed E-state index contributed by atoms with van der Waals surface area (Å²) >= 11 is 0. The summed E-state index contributed by atoms with van der Waals surface area (Å²) < 4.78 is 16.1. The third kappa shape index (κ3) is 8.37. The quantitative estimate of drug-likeness (QED) is 0.345. The Morgan fingerprint density at radius 1 is 1.23 bits per heavy atom. The predicted octanol–water partition coefficient (Wildman–Crippen LogP) is 3.85. The van der Waals surface area contributed by atoms with Crippen LogP contribution >= 0.6 is 0 Å². The second-order valence-corrected chi connectivity index (χ2v) is 5.73. The highest BCUT2D eigenvalue weighted by atomic mass is 16.5. The van der Waals surface area contributed by atoms with Crippen molar-refractivity contribution in [3.05, 3.63) is 42.5 Å². The van der Waals surface area contributed by atoms with E-state index in [0.717, 1.165) is 37.3 Å². The van der Waals surface area contributed by atoms with Gasteiger partial charge in [0.05, 0.1) is 19.8 Å². The second kappa shape index (κ2) is 11.7. The molecule has 0 amide bonds. The smallest absolute Gasteiger partial charge is 0.330 e. The molecule has 0 heterocycles. The fraction of sp³-hybridized carbons (Fsp3) is 0.400. The van der Waals surface area contributed by atoms with Crippen molar-refractivity contribution in [3.8, 4) is 11.5 Å². The third-order valence-corrected chi connectivity index (χ3v) is 3.60. The lowest BCUT2D eigenvalue weighted by atomic mass is 10.1. The maximum atomic E-state index is 11.1. The van der Waals surface area contributed by atoms with E-state index in [9.17, 15) is 9.59 Å². The van der Waals surface area contributed by atoms with Crippen LogP contribution in [0.2, 0.25) is 0 Å². The van der Waals surface area contributed by atoms with Gasteiger partial charge in [-0.1, -0.05) is 12.6 Å². The van der Waals surface area contributed by atoms with Crippen LogP contribution in [0.5, 0.6) is 11.5 Å². The standard InChI is InChI=1S/C20H26O6/c1-4-20(23)26-15(2)8-6-5-7-13-25-17-11-9-16(10-12-19(21)22)14-18(17)24-3/h4,9-12,14-15H,1,5-8,13H2,2-3H3,(H,21,22). The van der Waals surface area contributed by atoms with E-state index in [4.69, 9.17) is 19.3 Å². The van der Waals surface area contributed by atoms with Crippen molar-refractivity contribution in [2.75, 3.05) is 13.7 Å². The summed E-state index contributed by atoms with van der Waals surface area (Å²) in [5.41, 5.74) is 0.722. The Bertz CT molecular complexity index is 635. The number of rotatable bonds is 12. The summed E-state index contributed by atoms with van der Waals surface area (Å²) in [7, 11) is 1.54. The van der Waals surface area contributed by atoms with Crippen LogP contribution in [0.4, 0.5) is 0 Å². The number of hydrogen-bond donors (Lipinski definition) is 1. The zero-order chi connectivity index (χ0) is 19.4. The highest BCUT2D eigenvalue weighted by molar-refractivity contribution is 5.85. The van der Waals surface area contributed by atoms with Crippen molar-refractivity contribution in [3.63, 3.8) is 0 Å². The van der Waals surface area contributed by atoms with Crippen LogP contribution in [-0.4, -0.2) is 36.9 Å². The van der Waals surface area contributed by atoms with Crippen LogP contribution < -0.4 is 9.47 Å². The summed E-state index contributed by atoms with van der Waals surface area (Å²) in [6.07, 6.45) is 7.17. The normalized spacial score (nSPS) is 11.8. The van der Waals surface area contributed by atoms with Gasteiger partial charge in [-0.25, -0.2) is 9.59 Å². The van der Waals surface area contributed by atoms with Crippen LogP contribution in [-0.2, 0) is 14.3 Å². The molecule has 0 aliphatic heterocycles. The van der Waals surface area contributed by atoms with Crippen LogP contribution in [0.15, 0.2) is 36.9 Å². The lowest BCUT2D eigenvalue weighted by molar-refractivity contribution is -0.142. The molecule has 0 radical (unpaired) electrons. The van der Waals surface area contributed by atoms with Gasteiger partial charge in [0.1, 0.15) is 0 Å². The van der Waals surface area contributed by atoms with E-state index in [-0.39, 0.29) is 6.10 Å². The molecular formula is C20H26O6. The molecule has 0 aliphatic carbocycles. The molecule has 0 fully saturated rings. The van der Waals surface area contributed by atoms with Gasteiger partial charge in [0, 0.05) is 12.2 Å². The Morgan fingerprint density at radius 3 is 2.65 bits per heavy atom. The van der Waals surface area contributed by atoms with Crippen LogP contribution in [0.3, 0.4) is 0 Å². The molecule has 1 atom stereocenters. The van der Waals surface area contributed by atoms with E-state index in [1.54, 1.807) is 25.3 Å². The maximum absolute atomic E-state index is 11.1. The monoisotopic (exact) mass is 362 g/mol. The van der Waals surface area contributed by atoms with Gasteiger partial charge in [0.25, 0.3) is 0 Å². The number of carboxylic acids is 1. The lowest BCUT2D eigenvalue weighted by Gasteiger charge is -2.13. The van der Waals surface area contributed by atoms with Gasteiger partial charge in [-0.15, -0.1) is 0 Å². The van der Waals surface area contributed by atoms with Gasteiger partial charge in [-0.3, -0.25) is 0 Å². The summed E-state index contributed by atoms with van der Waals surface area (Å²) in [6, 6.07) is 5.26. The minimum Gasteiger partial charge on any atom is -0.493 e. The van der Waals surface area contributed by atoms with Crippen molar-refractivity contribution in [1.82, 2.24) is 0 Å². The molecule has 1 rings (SSSR count). The Balaban J connectivity index is 2.35. The van der Waals surface area contributed by atoms with Gasteiger partial charge in [-0.05, 0) is 56.4 Å². The fourth-order valence-electron chi connectivity index (χ4n) is 2.27. The van der Waals surface area contributed by atoms with E-state index in [1.165, 1.54) is 12.2 Å². The number of carbonyl (C=O) groups excluding carboxylic acids is 1.